The van der Waals surface area contributed by atoms with Crippen LogP contribution in [0.4, 0.5) is 5.82 Å². The maximum atomic E-state index is 13.1. The molecule has 4 heterocycles. The Morgan fingerprint density at radius 1 is 0.968 bits per heavy atom. The van der Waals surface area contributed by atoms with Gasteiger partial charge in [0.25, 0.3) is 5.91 Å². The predicted octanol–water partition coefficient (Wildman–Crippen LogP) is 2.99. The van der Waals surface area contributed by atoms with Crippen LogP contribution in [0.1, 0.15) is 21.7 Å². The third-order valence-electron chi connectivity index (χ3n) is 5.80. The Morgan fingerprint density at radius 3 is 2.52 bits per heavy atom. The molecular formula is C23H23N7O. The smallest absolute Gasteiger partial charge is 0.275 e. The summed E-state index contributed by atoms with van der Waals surface area (Å²) >= 11 is 0. The fourth-order valence-electron chi connectivity index (χ4n) is 3.93. The van der Waals surface area contributed by atoms with Crippen molar-refractivity contribution < 1.29 is 4.79 Å². The third kappa shape index (κ3) is 3.50. The van der Waals surface area contributed by atoms with Crippen molar-refractivity contribution in [3.8, 4) is 11.5 Å². The number of carbonyl (C=O) groups excluding carboxylic acids is 1. The highest BCUT2D eigenvalue weighted by Gasteiger charge is 2.27. The standard InChI is InChI=1S/C23H23N7O/c1-15-16(2)25-21(19-9-5-6-10-24-19)26-22(15)29-11-13-30(14-12-29)23(31)20-17-7-3-4-8-18(17)27-28-20/h3-10H,11-14H2,1-2H3,(H,27,28). The zero-order valence-electron chi connectivity index (χ0n) is 17.5. The molecule has 1 amide bonds. The Morgan fingerprint density at radius 2 is 1.74 bits per heavy atom. The Labute approximate surface area is 180 Å². The number of benzene rings is 1. The Kier molecular flexibility index (Phi) is 4.82. The SMILES string of the molecule is Cc1nc(-c2ccccn2)nc(N2CCN(C(=O)c3n[nH]c4ccccc34)CC2)c1C. The van der Waals surface area contributed by atoms with E-state index in [0.717, 1.165) is 33.7 Å². The summed E-state index contributed by atoms with van der Waals surface area (Å²) < 4.78 is 0. The van der Waals surface area contributed by atoms with Crippen LogP contribution in [0.2, 0.25) is 0 Å². The van der Waals surface area contributed by atoms with E-state index >= 15 is 0 Å². The maximum Gasteiger partial charge on any atom is 0.275 e. The number of para-hydroxylation sites is 1. The molecule has 1 saturated heterocycles. The van der Waals surface area contributed by atoms with E-state index in [-0.39, 0.29) is 5.91 Å². The minimum absolute atomic E-state index is 0.0399. The largest absolute Gasteiger partial charge is 0.353 e. The minimum Gasteiger partial charge on any atom is -0.353 e. The molecule has 156 valence electrons. The number of piperazine rings is 1. The van der Waals surface area contributed by atoms with Gasteiger partial charge in [-0.1, -0.05) is 24.3 Å². The number of nitrogens with one attached hydrogen (secondary N) is 1. The van der Waals surface area contributed by atoms with Gasteiger partial charge in [0.1, 0.15) is 11.5 Å². The number of anilines is 1. The first-order valence-corrected chi connectivity index (χ1v) is 10.4. The van der Waals surface area contributed by atoms with Gasteiger partial charge in [0, 0.05) is 49.0 Å². The second-order valence-electron chi connectivity index (χ2n) is 7.69. The average molecular weight is 413 g/mol. The molecule has 0 atom stereocenters. The number of aromatic nitrogens is 5. The highest BCUT2D eigenvalue weighted by atomic mass is 16.2. The first-order valence-electron chi connectivity index (χ1n) is 10.4. The third-order valence-corrected chi connectivity index (χ3v) is 5.80. The summed E-state index contributed by atoms with van der Waals surface area (Å²) in [6.07, 6.45) is 1.75. The molecule has 0 aliphatic carbocycles. The normalized spacial score (nSPS) is 14.3. The molecule has 3 aromatic heterocycles. The number of hydrogen-bond donors (Lipinski definition) is 1. The minimum atomic E-state index is -0.0399. The van der Waals surface area contributed by atoms with E-state index in [1.54, 1.807) is 6.20 Å². The number of rotatable bonds is 3. The van der Waals surface area contributed by atoms with Crippen molar-refractivity contribution in [2.75, 3.05) is 31.1 Å². The van der Waals surface area contributed by atoms with Crippen LogP contribution in [0.25, 0.3) is 22.4 Å². The van der Waals surface area contributed by atoms with Crippen LogP contribution in [-0.2, 0) is 0 Å². The molecule has 0 spiro atoms. The van der Waals surface area contributed by atoms with Gasteiger partial charge in [-0.2, -0.15) is 5.10 Å². The summed E-state index contributed by atoms with van der Waals surface area (Å²) in [6, 6.07) is 13.4. The highest BCUT2D eigenvalue weighted by Crippen LogP contribution is 2.25. The van der Waals surface area contributed by atoms with E-state index in [4.69, 9.17) is 4.98 Å². The molecule has 0 saturated carbocycles. The second-order valence-corrected chi connectivity index (χ2v) is 7.69. The van der Waals surface area contributed by atoms with Crippen LogP contribution in [0.3, 0.4) is 0 Å². The lowest BCUT2D eigenvalue weighted by Gasteiger charge is -2.36. The molecule has 4 aromatic rings. The van der Waals surface area contributed by atoms with Crippen LogP contribution in [-0.4, -0.2) is 62.1 Å². The lowest BCUT2D eigenvalue weighted by molar-refractivity contribution is 0.0742. The van der Waals surface area contributed by atoms with E-state index in [1.165, 1.54) is 0 Å². The Hall–Kier alpha value is -3.81. The molecule has 31 heavy (non-hydrogen) atoms. The molecule has 0 bridgehead atoms. The molecule has 0 unspecified atom stereocenters. The Balaban J connectivity index is 1.36. The maximum absolute atomic E-state index is 13.1. The van der Waals surface area contributed by atoms with E-state index in [9.17, 15) is 4.79 Å². The fourth-order valence-corrected chi connectivity index (χ4v) is 3.93. The topological polar surface area (TPSA) is 90.9 Å². The summed E-state index contributed by atoms with van der Waals surface area (Å²) in [5.41, 5.74) is 4.10. The van der Waals surface area contributed by atoms with Crippen molar-refractivity contribution >= 4 is 22.6 Å². The van der Waals surface area contributed by atoms with Crippen molar-refractivity contribution in [3.05, 3.63) is 65.6 Å². The van der Waals surface area contributed by atoms with Crippen molar-refractivity contribution in [2.24, 2.45) is 0 Å². The van der Waals surface area contributed by atoms with Gasteiger partial charge in [-0.3, -0.25) is 14.9 Å². The number of carbonyl (C=O) groups is 1. The first kappa shape index (κ1) is 19.2. The molecule has 5 rings (SSSR count). The van der Waals surface area contributed by atoms with Crippen LogP contribution in [0, 0.1) is 13.8 Å². The van der Waals surface area contributed by atoms with Gasteiger partial charge in [-0.25, -0.2) is 9.97 Å². The quantitative estimate of drug-likeness (QED) is 0.555. The van der Waals surface area contributed by atoms with Gasteiger partial charge in [0.05, 0.1) is 5.52 Å². The number of H-pyrrole nitrogens is 1. The zero-order valence-corrected chi connectivity index (χ0v) is 17.5. The molecule has 8 heteroatoms. The summed E-state index contributed by atoms with van der Waals surface area (Å²) in [5.74, 6) is 1.49. The van der Waals surface area contributed by atoms with Crippen LogP contribution >= 0.6 is 0 Å². The molecule has 1 aromatic carbocycles. The number of hydrogen-bond acceptors (Lipinski definition) is 6. The number of amides is 1. The van der Waals surface area contributed by atoms with E-state index < -0.39 is 0 Å². The summed E-state index contributed by atoms with van der Waals surface area (Å²) in [6.45, 7) is 6.67. The van der Waals surface area contributed by atoms with Crippen molar-refractivity contribution in [1.29, 1.82) is 0 Å². The lowest BCUT2D eigenvalue weighted by atomic mass is 10.1. The zero-order chi connectivity index (χ0) is 21.4. The number of fused-ring (bicyclic) bond motifs is 1. The molecular weight excluding hydrogens is 390 g/mol. The van der Waals surface area contributed by atoms with Gasteiger partial charge in [-0.15, -0.1) is 0 Å². The van der Waals surface area contributed by atoms with Crippen LogP contribution in [0.15, 0.2) is 48.7 Å². The summed E-state index contributed by atoms with van der Waals surface area (Å²) in [4.78, 5) is 31.0. The van der Waals surface area contributed by atoms with Gasteiger partial charge in [-0.05, 0) is 32.0 Å². The van der Waals surface area contributed by atoms with E-state index in [1.807, 2.05) is 61.2 Å². The highest BCUT2D eigenvalue weighted by molar-refractivity contribution is 6.04. The lowest BCUT2D eigenvalue weighted by Crippen LogP contribution is -2.49. The van der Waals surface area contributed by atoms with Gasteiger partial charge < -0.3 is 9.80 Å². The Bertz CT molecular complexity index is 1240. The van der Waals surface area contributed by atoms with Crippen molar-refractivity contribution in [1.82, 2.24) is 30.0 Å². The summed E-state index contributed by atoms with van der Waals surface area (Å²) in [7, 11) is 0. The molecule has 1 aliphatic heterocycles. The van der Waals surface area contributed by atoms with E-state index in [0.29, 0.717) is 37.7 Å². The molecule has 0 radical (unpaired) electrons. The molecule has 1 aliphatic rings. The molecule has 8 nitrogen and oxygen atoms in total. The van der Waals surface area contributed by atoms with Gasteiger partial charge >= 0.3 is 0 Å². The van der Waals surface area contributed by atoms with Crippen LogP contribution in [0.5, 0.6) is 0 Å². The average Bonchev–Trinajstić information content (AvgIpc) is 3.25. The van der Waals surface area contributed by atoms with Gasteiger partial charge in [0.15, 0.2) is 11.5 Å². The number of aromatic amines is 1. The second kappa shape index (κ2) is 7.79. The molecule has 1 fully saturated rings. The van der Waals surface area contributed by atoms with Crippen molar-refractivity contribution in [2.45, 2.75) is 13.8 Å². The first-order chi connectivity index (χ1) is 15.1. The summed E-state index contributed by atoms with van der Waals surface area (Å²) in [5, 5.41) is 8.07. The van der Waals surface area contributed by atoms with Gasteiger partial charge in [0.2, 0.25) is 0 Å². The van der Waals surface area contributed by atoms with Crippen LogP contribution < -0.4 is 4.90 Å². The number of nitrogens with zero attached hydrogens (tertiary/aromatic N) is 6. The van der Waals surface area contributed by atoms with E-state index in [2.05, 4.69) is 25.1 Å². The fraction of sp³-hybridized carbons (Fsp3) is 0.261. The number of pyridine rings is 1. The predicted molar refractivity (Wildman–Crippen MR) is 119 cm³/mol. The number of aryl methyl sites for hydroxylation is 1. The van der Waals surface area contributed by atoms with Crippen molar-refractivity contribution in [3.63, 3.8) is 0 Å². The monoisotopic (exact) mass is 413 g/mol. The molecule has 1 N–H and O–H groups in total.